The summed E-state index contributed by atoms with van der Waals surface area (Å²) in [6.45, 7) is -1.20. The molecule has 0 radical (unpaired) electrons. The molecule has 9 aromatic rings. The molecular weight excluding hydrogens is 1180 g/mol. The molecule has 0 bridgehead atoms. The molecule has 0 spiro atoms. The first-order chi connectivity index (χ1) is 39.8. The Hall–Kier alpha value is -7.84. The monoisotopic (exact) mass is 1240 g/mol. The third-order valence-electron chi connectivity index (χ3n) is 10.3. The average Bonchev–Trinajstić information content (AvgIpc) is 4.29. The van der Waals surface area contributed by atoms with E-state index in [4.69, 9.17) is 62.8 Å². The van der Waals surface area contributed by atoms with Gasteiger partial charge in [-0.2, -0.15) is 15.0 Å². The SMILES string of the molecule is COc1cc(OCCF)ccc1-c1nc(CSc2nc(N)cc(N)n2)cs1.COc1cc(OCCF)ccc1-c1nc(CSc2nc(N)nc(N)n2)cs1.COc1ccc(-c2nc(CSc3nc(N)cc(N)n3)cs2)cc1OCCCF. The summed E-state index contributed by atoms with van der Waals surface area (Å²) >= 11 is 8.70. The van der Waals surface area contributed by atoms with Gasteiger partial charge in [-0.3, -0.25) is 4.39 Å². The summed E-state index contributed by atoms with van der Waals surface area (Å²) in [6.07, 6.45) is 0.336. The van der Waals surface area contributed by atoms with Crippen LogP contribution in [-0.2, 0) is 17.3 Å². The highest BCUT2D eigenvalue weighted by Crippen LogP contribution is 2.39. The number of methoxy groups -OCH3 is 3. The van der Waals surface area contributed by atoms with Crippen LogP contribution < -0.4 is 62.8 Å². The van der Waals surface area contributed by atoms with Crippen LogP contribution in [0.5, 0.6) is 34.5 Å². The van der Waals surface area contributed by atoms with Gasteiger partial charge >= 0.3 is 0 Å². The van der Waals surface area contributed by atoms with Crippen LogP contribution in [0, 0.1) is 0 Å². The lowest BCUT2D eigenvalue weighted by molar-refractivity contribution is 0.272. The van der Waals surface area contributed by atoms with E-state index in [1.54, 1.807) is 45.6 Å². The number of aromatic nitrogens is 10. The van der Waals surface area contributed by atoms with Crippen molar-refractivity contribution in [3.05, 3.63) is 100.0 Å². The highest BCUT2D eigenvalue weighted by Gasteiger charge is 2.16. The fraction of sp³-hybridized carbons (Fsp3) is 0.255. The maximum absolute atomic E-state index is 12.3. The third kappa shape index (κ3) is 18.6. The van der Waals surface area contributed by atoms with E-state index in [-0.39, 0.29) is 25.1 Å². The molecule has 0 aliphatic carbocycles. The van der Waals surface area contributed by atoms with Gasteiger partial charge in [0.05, 0.1) is 62.8 Å². The normalized spacial score (nSPS) is 10.8. The second-order valence-electron chi connectivity index (χ2n) is 16.2. The van der Waals surface area contributed by atoms with Gasteiger partial charge in [0, 0.05) is 69.6 Å². The number of anilines is 6. The molecule has 0 aliphatic rings. The van der Waals surface area contributed by atoms with Gasteiger partial charge in [-0.25, -0.2) is 43.7 Å². The molecule has 3 aromatic carbocycles. The van der Waals surface area contributed by atoms with E-state index in [1.165, 1.54) is 81.4 Å². The van der Waals surface area contributed by atoms with Gasteiger partial charge in [0.1, 0.15) is 87.9 Å². The van der Waals surface area contributed by atoms with Crippen molar-refractivity contribution in [1.82, 2.24) is 49.8 Å². The number of ether oxygens (including phenoxy) is 6. The van der Waals surface area contributed by atoms with E-state index in [1.807, 2.05) is 46.5 Å². The Balaban J connectivity index is 0.000000177. The third-order valence-corrected chi connectivity index (χ3v) is 15.7. The molecular formula is C51H55F3N16O6S6. The average molecular weight is 1240 g/mol. The number of hydrogen-bond acceptors (Lipinski definition) is 28. The number of nitrogens with zero attached hydrogens (tertiary/aromatic N) is 10. The minimum atomic E-state index is -0.546. The number of benzene rings is 3. The molecule has 0 fully saturated rings. The maximum Gasteiger partial charge on any atom is 0.225 e. The van der Waals surface area contributed by atoms with Gasteiger partial charge in [0.25, 0.3) is 0 Å². The van der Waals surface area contributed by atoms with Crippen molar-refractivity contribution in [2.75, 3.05) is 95.6 Å². The first-order valence-corrected chi connectivity index (χ1v) is 29.8. The van der Waals surface area contributed by atoms with Crippen LogP contribution >= 0.6 is 69.3 Å². The number of hydrogen-bond donors (Lipinski definition) is 6. The van der Waals surface area contributed by atoms with Gasteiger partial charge in [0.15, 0.2) is 27.0 Å². The molecule has 0 unspecified atom stereocenters. The summed E-state index contributed by atoms with van der Waals surface area (Å²) in [5.74, 6) is 6.76. The second-order valence-corrected chi connectivity index (χ2v) is 21.6. The molecule has 6 heterocycles. The van der Waals surface area contributed by atoms with Crippen molar-refractivity contribution in [2.45, 2.75) is 39.1 Å². The Morgan fingerprint density at radius 2 is 0.841 bits per heavy atom. The largest absolute Gasteiger partial charge is 0.496 e. The summed E-state index contributed by atoms with van der Waals surface area (Å²) < 4.78 is 69.2. The van der Waals surface area contributed by atoms with E-state index in [0.29, 0.717) is 104 Å². The first kappa shape index (κ1) is 61.8. The minimum Gasteiger partial charge on any atom is -0.496 e. The highest BCUT2D eigenvalue weighted by molar-refractivity contribution is 7.98. The second kappa shape index (κ2) is 31.4. The number of nitrogens with two attached hydrogens (primary N) is 6. The Morgan fingerprint density at radius 1 is 0.415 bits per heavy atom. The fourth-order valence-electron chi connectivity index (χ4n) is 6.77. The highest BCUT2D eigenvalue weighted by atomic mass is 32.2. The molecule has 0 aliphatic heterocycles. The Kier molecular flexibility index (Phi) is 23.6. The van der Waals surface area contributed by atoms with Gasteiger partial charge in [-0.05, 0) is 42.5 Å². The summed E-state index contributed by atoms with van der Waals surface area (Å²) in [7, 11) is 4.71. The molecule has 0 saturated heterocycles. The van der Waals surface area contributed by atoms with E-state index >= 15 is 0 Å². The fourth-order valence-corrected chi connectivity index (χ4v) is 11.9. The van der Waals surface area contributed by atoms with Crippen molar-refractivity contribution in [3.63, 3.8) is 0 Å². The molecule has 0 amide bonds. The number of rotatable bonds is 25. The molecule has 0 atom stereocenters. The van der Waals surface area contributed by atoms with Crippen molar-refractivity contribution in [1.29, 1.82) is 0 Å². The van der Waals surface area contributed by atoms with Crippen molar-refractivity contribution in [2.24, 2.45) is 0 Å². The van der Waals surface area contributed by atoms with Gasteiger partial charge in [-0.15, -0.1) is 34.0 Å². The number of halogens is 3. The summed E-state index contributed by atoms with van der Waals surface area (Å²) in [6, 6.07) is 19.3. The number of nitrogen functional groups attached to an aromatic ring is 6. The quantitative estimate of drug-likeness (QED) is 0.0176. The van der Waals surface area contributed by atoms with Crippen LogP contribution in [0.3, 0.4) is 0 Å². The molecule has 432 valence electrons. The summed E-state index contributed by atoms with van der Waals surface area (Å²) in [5, 5.41) is 9.82. The number of thioether (sulfide) groups is 3. The van der Waals surface area contributed by atoms with Crippen LogP contribution in [0.25, 0.3) is 31.7 Å². The predicted octanol–water partition coefficient (Wildman–Crippen LogP) is 10.0. The minimum absolute atomic E-state index is 0.00717. The molecule has 22 nitrogen and oxygen atoms in total. The van der Waals surface area contributed by atoms with E-state index < -0.39 is 20.0 Å². The van der Waals surface area contributed by atoms with Crippen molar-refractivity contribution >= 4 is 104 Å². The van der Waals surface area contributed by atoms with Crippen LogP contribution in [0.15, 0.2) is 98.3 Å². The van der Waals surface area contributed by atoms with Crippen molar-refractivity contribution in [3.8, 4) is 66.2 Å². The Bertz CT molecular complexity index is 3290. The van der Waals surface area contributed by atoms with E-state index in [0.717, 1.165) is 48.8 Å². The zero-order chi connectivity index (χ0) is 58.4. The maximum atomic E-state index is 12.3. The zero-order valence-corrected chi connectivity index (χ0v) is 49.0. The standard InChI is InChI=1S/C18H20FN5O2S2.C17H18FN5O2S2.C16H17FN6O2S2/c1-25-13-4-3-11(7-14(13)26-6-2-5-19)17-22-12(9-27-17)10-28-18-23-15(20)8-16(21)24-18;1-24-13-6-11(25-5-4-18)2-3-12(13)16-21-10(8-26-16)9-27-17-22-14(19)7-15(20)23-17;1-24-12-6-10(25-5-4-17)2-3-11(12)13-20-9(7-26-13)8-27-16-22-14(18)21-15(19)23-16/h3-4,7-9H,2,5-6,10H2,1H3,(H4,20,21,23,24);2-3,6-8H,4-5,9H2,1H3,(H4,19,20,22,23);2-3,6-7H,4-5,8H2,1H3,(H4,18,19,21,22,23). The summed E-state index contributed by atoms with van der Waals surface area (Å²) in [5.41, 5.74) is 39.1. The molecule has 9 rings (SSSR count). The van der Waals surface area contributed by atoms with Crippen LogP contribution in [0.1, 0.15) is 23.5 Å². The molecule has 0 saturated carbocycles. The lowest BCUT2D eigenvalue weighted by atomic mass is 10.2. The van der Waals surface area contributed by atoms with E-state index in [2.05, 4.69) is 49.8 Å². The van der Waals surface area contributed by atoms with Crippen LogP contribution in [0.4, 0.5) is 48.3 Å². The van der Waals surface area contributed by atoms with Crippen LogP contribution in [-0.4, -0.2) is 111 Å². The smallest absolute Gasteiger partial charge is 0.225 e. The summed E-state index contributed by atoms with van der Waals surface area (Å²) in [4.78, 5) is 42.3. The molecule has 31 heteroatoms. The molecule has 12 N–H and O–H groups in total. The number of thiazole rings is 3. The molecule has 82 heavy (non-hydrogen) atoms. The Morgan fingerprint density at radius 3 is 1.27 bits per heavy atom. The lowest BCUT2D eigenvalue weighted by Gasteiger charge is -2.11. The molecule has 6 aromatic heterocycles. The Labute approximate surface area is 493 Å². The topological polar surface area (TPSA) is 340 Å². The lowest BCUT2D eigenvalue weighted by Crippen LogP contribution is -2.03. The van der Waals surface area contributed by atoms with Gasteiger partial charge in [-0.1, -0.05) is 35.3 Å². The number of alkyl halides is 3. The zero-order valence-electron chi connectivity index (χ0n) is 44.1. The predicted molar refractivity (Wildman–Crippen MR) is 320 cm³/mol. The van der Waals surface area contributed by atoms with Crippen LogP contribution in [0.2, 0.25) is 0 Å². The first-order valence-electron chi connectivity index (χ1n) is 24.2. The van der Waals surface area contributed by atoms with E-state index in [9.17, 15) is 13.2 Å². The van der Waals surface area contributed by atoms with Crippen molar-refractivity contribution < 1.29 is 41.6 Å². The van der Waals surface area contributed by atoms with Gasteiger partial charge in [0.2, 0.25) is 11.9 Å². The van der Waals surface area contributed by atoms with Gasteiger partial charge < -0.3 is 62.8 Å².